The van der Waals surface area contributed by atoms with Crippen molar-refractivity contribution in [1.29, 1.82) is 0 Å². The first kappa shape index (κ1) is 15.4. The molecule has 7 nitrogen and oxygen atoms in total. The van der Waals surface area contributed by atoms with Crippen molar-refractivity contribution in [2.75, 3.05) is 13.2 Å². The molecular weight excluding hydrogens is 284 g/mol. The first-order chi connectivity index (χ1) is 10.6. The number of ether oxygens (including phenoxy) is 1. The summed E-state index contributed by atoms with van der Waals surface area (Å²) in [7, 11) is 0. The van der Waals surface area contributed by atoms with Gasteiger partial charge in [0.2, 0.25) is 5.91 Å². The molecule has 1 aromatic rings. The number of carbonyl (C=O) groups is 1. The molecule has 1 unspecified atom stereocenters. The maximum atomic E-state index is 11.8. The van der Waals surface area contributed by atoms with Crippen LogP contribution in [0.15, 0.2) is 0 Å². The highest BCUT2D eigenvalue weighted by molar-refractivity contribution is 5.88. The van der Waals surface area contributed by atoms with E-state index in [4.69, 9.17) is 10.5 Å². The number of nitrogens with zero attached hydrogens (tertiary/aromatic N) is 3. The Labute approximate surface area is 129 Å². The first-order valence-electron chi connectivity index (χ1n) is 8.07. The summed E-state index contributed by atoms with van der Waals surface area (Å²) < 4.78 is 7.09. The lowest BCUT2D eigenvalue weighted by atomic mass is 9.99. The molecule has 1 aliphatic carbocycles. The third-order valence-corrected chi connectivity index (χ3v) is 4.78. The van der Waals surface area contributed by atoms with E-state index in [-0.39, 0.29) is 11.8 Å². The molecule has 0 radical (unpaired) electrons. The van der Waals surface area contributed by atoms with Crippen molar-refractivity contribution in [3.05, 3.63) is 11.6 Å². The molecule has 0 aromatic carbocycles. The number of carbonyl (C=O) groups excluding carboxylic acids is 1. The Balaban J connectivity index is 1.92. The summed E-state index contributed by atoms with van der Waals surface area (Å²) >= 11 is 0. The predicted molar refractivity (Wildman–Crippen MR) is 79.2 cm³/mol. The lowest BCUT2D eigenvalue weighted by Gasteiger charge is -2.19. The Morgan fingerprint density at radius 2 is 2.18 bits per heavy atom. The highest BCUT2D eigenvalue weighted by Crippen LogP contribution is 2.47. The van der Waals surface area contributed by atoms with Gasteiger partial charge in [0.15, 0.2) is 5.82 Å². The van der Waals surface area contributed by atoms with E-state index in [0.29, 0.717) is 32.0 Å². The topological polar surface area (TPSA) is 103 Å². The molecule has 2 heterocycles. The third-order valence-electron chi connectivity index (χ3n) is 4.78. The lowest BCUT2D eigenvalue weighted by Crippen LogP contribution is -2.32. The zero-order valence-electron chi connectivity index (χ0n) is 13.0. The van der Waals surface area contributed by atoms with Gasteiger partial charge < -0.3 is 15.6 Å². The molecule has 7 heteroatoms. The van der Waals surface area contributed by atoms with E-state index in [2.05, 4.69) is 10.1 Å². The van der Waals surface area contributed by atoms with Crippen molar-refractivity contribution in [2.45, 2.75) is 63.0 Å². The molecule has 1 aromatic heterocycles. The molecule has 2 aliphatic rings. The molecule has 1 amide bonds. The van der Waals surface area contributed by atoms with Crippen LogP contribution >= 0.6 is 0 Å². The van der Waals surface area contributed by atoms with Gasteiger partial charge in [-0.1, -0.05) is 6.92 Å². The quantitative estimate of drug-likeness (QED) is 0.794. The van der Waals surface area contributed by atoms with Crippen LogP contribution < -0.4 is 5.73 Å². The van der Waals surface area contributed by atoms with Crippen LogP contribution in [-0.2, 0) is 21.5 Å². The zero-order chi connectivity index (χ0) is 15.7. The van der Waals surface area contributed by atoms with Crippen molar-refractivity contribution < 1.29 is 14.6 Å². The van der Waals surface area contributed by atoms with E-state index in [1.807, 2.05) is 6.92 Å². The largest absolute Gasteiger partial charge is 0.391 e. The average Bonchev–Trinajstić information content (AvgIpc) is 3.24. The highest BCUT2D eigenvalue weighted by Gasteiger charge is 2.54. The fourth-order valence-electron chi connectivity index (χ4n) is 3.00. The van der Waals surface area contributed by atoms with Gasteiger partial charge in [-0.15, -0.1) is 0 Å². The van der Waals surface area contributed by atoms with Gasteiger partial charge in [-0.05, 0) is 32.1 Å². The van der Waals surface area contributed by atoms with Crippen LogP contribution in [0.25, 0.3) is 0 Å². The fourth-order valence-corrected chi connectivity index (χ4v) is 3.00. The molecule has 0 spiro atoms. The molecule has 22 heavy (non-hydrogen) atoms. The van der Waals surface area contributed by atoms with Crippen molar-refractivity contribution in [1.82, 2.24) is 14.8 Å². The number of aromatic nitrogens is 3. The molecule has 3 rings (SSSR count). The molecule has 0 bridgehead atoms. The Bertz CT molecular complexity index is 547. The molecule has 122 valence electrons. The first-order valence-corrected chi connectivity index (χ1v) is 8.07. The van der Waals surface area contributed by atoms with Gasteiger partial charge in [-0.25, -0.2) is 9.67 Å². The number of hydrogen-bond donors (Lipinski definition) is 2. The second kappa shape index (κ2) is 5.96. The minimum Gasteiger partial charge on any atom is -0.391 e. The van der Waals surface area contributed by atoms with Gasteiger partial charge in [0.25, 0.3) is 0 Å². The van der Waals surface area contributed by atoms with E-state index in [0.717, 1.165) is 31.5 Å². The predicted octanol–water partition coefficient (Wildman–Crippen LogP) is 0.460. The number of aliphatic hydroxyl groups excluding tert-OH is 1. The summed E-state index contributed by atoms with van der Waals surface area (Å²) in [5, 5.41) is 14.5. The lowest BCUT2D eigenvalue weighted by molar-refractivity contribution is -0.120. The molecule has 1 saturated heterocycles. The minimum absolute atomic E-state index is 0.260. The maximum absolute atomic E-state index is 11.8. The van der Waals surface area contributed by atoms with E-state index in [9.17, 15) is 9.90 Å². The molecule has 2 fully saturated rings. The molecule has 1 atom stereocenters. The summed E-state index contributed by atoms with van der Waals surface area (Å²) in [4.78, 5) is 16.5. The van der Waals surface area contributed by atoms with Crippen molar-refractivity contribution in [2.24, 2.45) is 5.73 Å². The third kappa shape index (κ3) is 2.75. The number of nitrogens with two attached hydrogens (primary N) is 1. The fraction of sp³-hybridized carbons (Fsp3) is 0.800. The molecule has 1 saturated carbocycles. The smallest absolute Gasteiger partial charge is 0.231 e. The van der Waals surface area contributed by atoms with Gasteiger partial charge in [-0.3, -0.25) is 4.79 Å². The summed E-state index contributed by atoms with van der Waals surface area (Å²) in [6, 6.07) is 0. The number of hydrogen-bond acceptors (Lipinski definition) is 5. The summed E-state index contributed by atoms with van der Waals surface area (Å²) in [5.41, 5.74) is 4.91. The van der Waals surface area contributed by atoms with Crippen molar-refractivity contribution in [3.8, 4) is 0 Å². The van der Waals surface area contributed by atoms with Gasteiger partial charge in [0, 0.05) is 19.1 Å². The van der Waals surface area contributed by atoms with Gasteiger partial charge >= 0.3 is 0 Å². The number of rotatable bonds is 6. The molecular formula is C15H24N4O3. The monoisotopic (exact) mass is 308 g/mol. The van der Waals surface area contributed by atoms with E-state index in [1.54, 1.807) is 4.68 Å². The van der Waals surface area contributed by atoms with Gasteiger partial charge in [-0.2, -0.15) is 5.10 Å². The van der Waals surface area contributed by atoms with Crippen molar-refractivity contribution in [3.63, 3.8) is 0 Å². The van der Waals surface area contributed by atoms with Crippen LogP contribution in [0.2, 0.25) is 0 Å². The van der Waals surface area contributed by atoms with Gasteiger partial charge in [0.1, 0.15) is 11.2 Å². The van der Waals surface area contributed by atoms with Crippen molar-refractivity contribution >= 4 is 5.91 Å². The normalized spacial score (nSPS) is 22.5. The SMILES string of the molecule is CCC(O)Cn1nc(C2CCOCC2)nc1C1(C(N)=O)CC1. The second-order valence-electron chi connectivity index (χ2n) is 6.37. The van der Waals surface area contributed by atoms with Crippen LogP contribution in [0.3, 0.4) is 0 Å². The maximum Gasteiger partial charge on any atom is 0.231 e. The van der Waals surface area contributed by atoms with Crippen LogP contribution in [0, 0.1) is 0 Å². The van der Waals surface area contributed by atoms with E-state index in [1.165, 1.54) is 0 Å². The van der Waals surface area contributed by atoms with E-state index >= 15 is 0 Å². The van der Waals surface area contributed by atoms with Crippen LogP contribution in [-0.4, -0.2) is 45.1 Å². The Morgan fingerprint density at radius 1 is 1.50 bits per heavy atom. The Hall–Kier alpha value is -1.47. The van der Waals surface area contributed by atoms with Gasteiger partial charge in [0.05, 0.1) is 12.6 Å². The minimum atomic E-state index is -0.677. The van der Waals surface area contributed by atoms with E-state index < -0.39 is 11.5 Å². The standard InChI is InChI=1S/C15H24N4O3/c1-2-11(20)9-19-14(15(5-6-15)13(16)21)17-12(18-19)10-3-7-22-8-4-10/h10-11,20H,2-9H2,1H3,(H2,16,21). The number of primary amides is 1. The number of amides is 1. The molecule has 3 N–H and O–H groups in total. The Morgan fingerprint density at radius 3 is 2.73 bits per heavy atom. The summed E-state index contributed by atoms with van der Waals surface area (Å²) in [5.74, 6) is 1.31. The van der Waals surface area contributed by atoms with Crippen LogP contribution in [0.1, 0.15) is 56.6 Å². The van der Waals surface area contributed by atoms with Crippen LogP contribution in [0.4, 0.5) is 0 Å². The molecule has 1 aliphatic heterocycles. The summed E-state index contributed by atoms with van der Waals surface area (Å²) in [6.45, 7) is 3.71. The average molecular weight is 308 g/mol. The van der Waals surface area contributed by atoms with Crippen LogP contribution in [0.5, 0.6) is 0 Å². The zero-order valence-corrected chi connectivity index (χ0v) is 13.0. The number of aliphatic hydroxyl groups is 1. The second-order valence-corrected chi connectivity index (χ2v) is 6.37. The summed E-state index contributed by atoms with van der Waals surface area (Å²) in [6.07, 6.45) is 3.36. The highest BCUT2D eigenvalue weighted by atomic mass is 16.5. The Kier molecular flexibility index (Phi) is 4.18.